The van der Waals surface area contributed by atoms with E-state index >= 15 is 0 Å². The van der Waals surface area contributed by atoms with Crippen LogP contribution in [-0.2, 0) is 16.0 Å². The molecule has 1 heterocycles. The topological polar surface area (TPSA) is 69.6 Å². The van der Waals surface area contributed by atoms with Crippen molar-refractivity contribution in [2.75, 3.05) is 6.54 Å². The molecule has 2 N–H and O–H groups in total. The van der Waals surface area contributed by atoms with Crippen LogP contribution in [0.2, 0.25) is 0 Å². The van der Waals surface area contributed by atoms with E-state index in [0.29, 0.717) is 12.3 Å². The summed E-state index contributed by atoms with van der Waals surface area (Å²) in [7, 11) is 0. The third kappa shape index (κ3) is 5.00. The molecule has 1 aromatic carbocycles. The molecule has 29 heavy (non-hydrogen) atoms. The van der Waals surface area contributed by atoms with E-state index in [9.17, 15) is 14.7 Å². The Kier molecular flexibility index (Phi) is 6.09. The van der Waals surface area contributed by atoms with Gasteiger partial charge < -0.3 is 15.3 Å². The number of amides is 2. The van der Waals surface area contributed by atoms with Gasteiger partial charge in [-0.2, -0.15) is 0 Å². The maximum atomic E-state index is 13.3. The summed E-state index contributed by atoms with van der Waals surface area (Å²) in [5.41, 5.74) is 0.667. The van der Waals surface area contributed by atoms with Crippen LogP contribution in [-0.4, -0.2) is 46.1 Å². The standard InChI is InChI=1S/C24H36N2O3/c1-16(23(2,3)4)22(29)26-15-19(27)13-20(26)21(28)25-24(5,18-11-12-18)14-17-9-7-6-8-10-17/h6-10,16,18-20,27H,11-15H2,1-5H3,(H,25,28). The molecule has 0 spiro atoms. The Morgan fingerprint density at radius 3 is 2.34 bits per heavy atom. The van der Waals surface area contributed by atoms with Crippen LogP contribution < -0.4 is 5.32 Å². The summed E-state index contributed by atoms with van der Waals surface area (Å²) in [6.07, 6.45) is 2.65. The van der Waals surface area contributed by atoms with Crippen LogP contribution in [0.15, 0.2) is 30.3 Å². The zero-order chi connectivity index (χ0) is 21.4. The lowest BCUT2D eigenvalue weighted by Gasteiger charge is -2.36. The highest BCUT2D eigenvalue weighted by Gasteiger charge is 2.47. The van der Waals surface area contributed by atoms with Crippen LogP contribution >= 0.6 is 0 Å². The fraction of sp³-hybridized carbons (Fsp3) is 0.667. The van der Waals surface area contributed by atoms with Crippen molar-refractivity contribution in [3.8, 4) is 0 Å². The monoisotopic (exact) mass is 400 g/mol. The van der Waals surface area contributed by atoms with Crippen LogP contribution in [0.25, 0.3) is 0 Å². The normalized spacial score (nSPS) is 25.4. The van der Waals surface area contributed by atoms with Crippen LogP contribution in [0, 0.1) is 17.3 Å². The van der Waals surface area contributed by atoms with E-state index in [-0.39, 0.29) is 35.2 Å². The summed E-state index contributed by atoms with van der Waals surface area (Å²) in [4.78, 5) is 28.0. The van der Waals surface area contributed by atoms with Gasteiger partial charge in [-0.15, -0.1) is 0 Å². The van der Waals surface area contributed by atoms with Crippen molar-refractivity contribution in [2.45, 2.75) is 78.0 Å². The largest absolute Gasteiger partial charge is 0.391 e. The van der Waals surface area contributed by atoms with Gasteiger partial charge in [0.05, 0.1) is 6.10 Å². The number of nitrogens with zero attached hydrogens (tertiary/aromatic N) is 1. The molecule has 1 aromatic rings. The number of carbonyl (C=O) groups excluding carboxylic acids is 2. The predicted molar refractivity (Wildman–Crippen MR) is 114 cm³/mol. The molecular formula is C24H36N2O3. The molecule has 5 heteroatoms. The molecule has 1 saturated heterocycles. The van der Waals surface area contributed by atoms with Crippen LogP contribution in [0.4, 0.5) is 0 Å². The number of aliphatic hydroxyl groups excluding tert-OH is 1. The van der Waals surface area contributed by atoms with Crippen molar-refractivity contribution in [3.05, 3.63) is 35.9 Å². The van der Waals surface area contributed by atoms with Crippen LogP contribution in [0.1, 0.15) is 59.4 Å². The molecule has 1 saturated carbocycles. The van der Waals surface area contributed by atoms with Crippen molar-refractivity contribution in [3.63, 3.8) is 0 Å². The molecule has 1 aliphatic carbocycles. The lowest BCUT2D eigenvalue weighted by molar-refractivity contribution is -0.144. The number of aliphatic hydroxyl groups is 1. The highest BCUT2D eigenvalue weighted by Crippen LogP contribution is 2.41. The first kappa shape index (κ1) is 21.8. The number of hydrogen-bond acceptors (Lipinski definition) is 3. The Labute approximate surface area is 174 Å². The first-order valence-electron chi connectivity index (χ1n) is 10.9. The molecule has 4 unspecified atom stereocenters. The Hall–Kier alpha value is -1.88. The van der Waals surface area contributed by atoms with Crippen LogP contribution in [0.5, 0.6) is 0 Å². The second-order valence-electron chi connectivity index (χ2n) is 10.3. The van der Waals surface area contributed by atoms with Crippen molar-refractivity contribution in [1.82, 2.24) is 10.2 Å². The molecule has 0 aromatic heterocycles. The molecule has 4 atom stereocenters. The third-order valence-corrected chi connectivity index (χ3v) is 6.84. The molecular weight excluding hydrogens is 364 g/mol. The summed E-state index contributed by atoms with van der Waals surface area (Å²) < 4.78 is 0. The van der Waals surface area contributed by atoms with Crippen molar-refractivity contribution >= 4 is 11.8 Å². The molecule has 2 amide bonds. The quantitative estimate of drug-likeness (QED) is 0.771. The number of carbonyl (C=O) groups is 2. The van der Waals surface area contributed by atoms with Gasteiger partial charge in [0.25, 0.3) is 0 Å². The van der Waals surface area contributed by atoms with Gasteiger partial charge in [0.15, 0.2) is 0 Å². The van der Waals surface area contributed by atoms with Gasteiger partial charge in [-0.3, -0.25) is 9.59 Å². The molecule has 0 bridgehead atoms. The maximum absolute atomic E-state index is 13.3. The van der Waals surface area contributed by atoms with E-state index < -0.39 is 12.1 Å². The molecule has 160 valence electrons. The second-order valence-corrected chi connectivity index (χ2v) is 10.3. The number of hydrogen-bond donors (Lipinski definition) is 2. The van der Waals surface area contributed by atoms with Crippen molar-refractivity contribution < 1.29 is 14.7 Å². The molecule has 2 fully saturated rings. The average molecular weight is 401 g/mol. The van der Waals surface area contributed by atoms with Gasteiger partial charge in [-0.05, 0) is 43.1 Å². The number of nitrogens with one attached hydrogen (secondary N) is 1. The summed E-state index contributed by atoms with van der Waals surface area (Å²) in [6.45, 7) is 10.3. The summed E-state index contributed by atoms with van der Waals surface area (Å²) in [6, 6.07) is 9.62. The van der Waals surface area contributed by atoms with Crippen molar-refractivity contribution in [2.24, 2.45) is 17.3 Å². The first-order chi connectivity index (χ1) is 13.5. The lowest BCUT2D eigenvalue weighted by atomic mass is 9.81. The Balaban J connectivity index is 1.75. The van der Waals surface area contributed by atoms with E-state index in [0.717, 1.165) is 19.3 Å². The average Bonchev–Trinajstić information content (AvgIpc) is 3.43. The van der Waals surface area contributed by atoms with Gasteiger partial charge in [-0.25, -0.2) is 0 Å². The van der Waals surface area contributed by atoms with Gasteiger partial charge in [0.1, 0.15) is 6.04 Å². The third-order valence-electron chi connectivity index (χ3n) is 6.84. The zero-order valence-corrected chi connectivity index (χ0v) is 18.4. The second kappa shape index (κ2) is 8.10. The lowest BCUT2D eigenvalue weighted by Crippen LogP contribution is -2.56. The predicted octanol–water partition coefficient (Wildman–Crippen LogP) is 3.16. The number of β-amino-alcohol motifs (C(OH)–C–C–N with tert-alkyl or cyclic N) is 1. The minimum absolute atomic E-state index is 0.0506. The molecule has 3 rings (SSSR count). The Morgan fingerprint density at radius 1 is 1.17 bits per heavy atom. The Morgan fingerprint density at radius 2 is 1.79 bits per heavy atom. The Bertz CT molecular complexity index is 738. The summed E-state index contributed by atoms with van der Waals surface area (Å²) in [5, 5.41) is 13.5. The summed E-state index contributed by atoms with van der Waals surface area (Å²) in [5.74, 6) is 0.0459. The van der Waals surface area contributed by atoms with E-state index in [1.165, 1.54) is 5.56 Å². The first-order valence-corrected chi connectivity index (χ1v) is 10.9. The van der Waals surface area contributed by atoms with Gasteiger partial charge in [0, 0.05) is 24.4 Å². The fourth-order valence-corrected chi connectivity index (χ4v) is 4.32. The number of rotatable bonds is 6. The summed E-state index contributed by atoms with van der Waals surface area (Å²) >= 11 is 0. The van der Waals surface area contributed by atoms with Crippen LogP contribution in [0.3, 0.4) is 0 Å². The fourth-order valence-electron chi connectivity index (χ4n) is 4.32. The van der Waals surface area contributed by atoms with Gasteiger partial charge in [0.2, 0.25) is 11.8 Å². The molecule has 2 aliphatic rings. The van der Waals surface area contributed by atoms with Crippen molar-refractivity contribution in [1.29, 1.82) is 0 Å². The van der Waals surface area contributed by atoms with Gasteiger partial charge in [-0.1, -0.05) is 58.0 Å². The van der Waals surface area contributed by atoms with E-state index in [4.69, 9.17) is 0 Å². The van der Waals surface area contributed by atoms with E-state index in [1.54, 1.807) is 4.90 Å². The zero-order valence-electron chi connectivity index (χ0n) is 18.4. The van der Waals surface area contributed by atoms with E-state index in [1.807, 2.05) is 45.9 Å². The maximum Gasteiger partial charge on any atom is 0.243 e. The van der Waals surface area contributed by atoms with Gasteiger partial charge >= 0.3 is 0 Å². The molecule has 5 nitrogen and oxygen atoms in total. The minimum atomic E-state index is -0.650. The smallest absolute Gasteiger partial charge is 0.243 e. The molecule has 1 aliphatic heterocycles. The number of benzene rings is 1. The minimum Gasteiger partial charge on any atom is -0.391 e. The SMILES string of the molecule is CC(C(=O)N1CC(O)CC1C(=O)NC(C)(Cc1ccccc1)C1CC1)C(C)(C)C. The highest BCUT2D eigenvalue weighted by molar-refractivity contribution is 5.90. The number of likely N-dealkylation sites (tertiary alicyclic amines) is 1. The highest BCUT2D eigenvalue weighted by atomic mass is 16.3. The molecule has 0 radical (unpaired) electrons. The van der Waals surface area contributed by atoms with E-state index in [2.05, 4.69) is 24.4 Å².